The monoisotopic (exact) mass is 419 g/mol. The van der Waals surface area contributed by atoms with E-state index in [1.165, 1.54) is 4.90 Å². The first-order chi connectivity index (χ1) is 13.9. The standard InChI is InChI=1S/C22H33N3O5/c1-6-13(2)19(24-21(29)30-22(3,4)5)15(23)12-18(26)25-16-10-8-7-9-14(16)11-17(25)20(27)28/h7-10,13,15,17,19H,6,11-12,23H2,1-5H3,(H,24,29)(H,27,28)/t13-,15?,17?,19-/m0/s1. The van der Waals surface area contributed by atoms with Crippen LogP contribution in [0.3, 0.4) is 0 Å². The fourth-order valence-electron chi connectivity index (χ4n) is 3.69. The van der Waals surface area contributed by atoms with Gasteiger partial charge >= 0.3 is 12.1 Å². The van der Waals surface area contributed by atoms with E-state index in [-0.39, 0.29) is 24.7 Å². The van der Waals surface area contributed by atoms with Crippen molar-refractivity contribution in [3.8, 4) is 0 Å². The minimum atomic E-state index is -1.06. The Balaban J connectivity index is 2.17. The van der Waals surface area contributed by atoms with E-state index in [1.807, 2.05) is 26.0 Å². The third-order valence-corrected chi connectivity index (χ3v) is 5.34. The molecule has 0 fully saturated rings. The maximum atomic E-state index is 13.1. The lowest BCUT2D eigenvalue weighted by atomic mass is 9.91. The molecule has 0 saturated heterocycles. The third kappa shape index (κ3) is 5.72. The van der Waals surface area contributed by atoms with E-state index in [0.29, 0.717) is 5.69 Å². The molecule has 4 atom stereocenters. The molecule has 1 aliphatic rings. The number of amides is 2. The first-order valence-corrected chi connectivity index (χ1v) is 10.3. The summed E-state index contributed by atoms with van der Waals surface area (Å²) in [7, 11) is 0. The summed E-state index contributed by atoms with van der Waals surface area (Å²) < 4.78 is 5.33. The Labute approximate surface area is 177 Å². The van der Waals surface area contributed by atoms with Gasteiger partial charge in [-0.3, -0.25) is 9.69 Å². The summed E-state index contributed by atoms with van der Waals surface area (Å²) in [6.07, 6.45) is 0.318. The average molecular weight is 420 g/mol. The van der Waals surface area contributed by atoms with Crippen molar-refractivity contribution in [2.24, 2.45) is 11.7 Å². The molecule has 2 amide bonds. The van der Waals surface area contributed by atoms with Crippen LogP contribution in [0.5, 0.6) is 0 Å². The molecular weight excluding hydrogens is 386 g/mol. The molecule has 0 aliphatic carbocycles. The zero-order valence-electron chi connectivity index (χ0n) is 18.3. The Morgan fingerprint density at radius 3 is 2.50 bits per heavy atom. The van der Waals surface area contributed by atoms with Gasteiger partial charge in [-0.05, 0) is 38.3 Å². The van der Waals surface area contributed by atoms with Gasteiger partial charge in [0.25, 0.3) is 0 Å². The maximum Gasteiger partial charge on any atom is 0.407 e. The molecule has 1 heterocycles. The lowest BCUT2D eigenvalue weighted by Gasteiger charge is -2.32. The molecule has 1 aromatic rings. The van der Waals surface area contributed by atoms with Crippen molar-refractivity contribution < 1.29 is 24.2 Å². The van der Waals surface area contributed by atoms with E-state index < -0.39 is 35.8 Å². The van der Waals surface area contributed by atoms with E-state index in [0.717, 1.165) is 12.0 Å². The van der Waals surface area contributed by atoms with Gasteiger partial charge in [-0.2, -0.15) is 0 Å². The number of aliphatic carboxylic acids is 1. The lowest BCUT2D eigenvalue weighted by molar-refractivity contribution is -0.140. The van der Waals surface area contributed by atoms with Crippen LogP contribution < -0.4 is 16.0 Å². The third-order valence-electron chi connectivity index (χ3n) is 5.34. The summed E-state index contributed by atoms with van der Waals surface area (Å²) in [5.41, 5.74) is 7.11. The molecule has 166 valence electrons. The fourth-order valence-corrected chi connectivity index (χ4v) is 3.69. The minimum Gasteiger partial charge on any atom is -0.480 e. The van der Waals surface area contributed by atoms with Crippen LogP contribution in [0, 0.1) is 5.92 Å². The van der Waals surface area contributed by atoms with Crippen molar-refractivity contribution in [3.05, 3.63) is 29.8 Å². The topological polar surface area (TPSA) is 122 Å². The van der Waals surface area contributed by atoms with Crippen molar-refractivity contribution in [2.75, 3.05) is 4.90 Å². The zero-order valence-corrected chi connectivity index (χ0v) is 18.3. The first-order valence-electron chi connectivity index (χ1n) is 10.3. The number of hydrogen-bond acceptors (Lipinski definition) is 5. The number of carbonyl (C=O) groups excluding carboxylic acids is 2. The number of rotatable bonds is 7. The molecule has 8 nitrogen and oxygen atoms in total. The summed E-state index contributed by atoms with van der Waals surface area (Å²) in [5, 5.41) is 12.4. The number of alkyl carbamates (subject to hydrolysis) is 1. The summed E-state index contributed by atoms with van der Waals surface area (Å²) >= 11 is 0. The molecule has 8 heteroatoms. The molecule has 1 aliphatic heterocycles. The van der Waals surface area contributed by atoms with Gasteiger partial charge in [-0.15, -0.1) is 0 Å². The maximum absolute atomic E-state index is 13.1. The normalized spacial score (nSPS) is 18.9. The van der Waals surface area contributed by atoms with Crippen molar-refractivity contribution in [1.29, 1.82) is 0 Å². The molecular formula is C22H33N3O5. The Bertz CT molecular complexity index is 789. The minimum absolute atomic E-state index is 0.00135. The number of para-hydroxylation sites is 1. The highest BCUT2D eigenvalue weighted by atomic mass is 16.6. The summed E-state index contributed by atoms with van der Waals surface area (Å²) in [6.45, 7) is 9.22. The Morgan fingerprint density at radius 2 is 1.93 bits per heavy atom. The molecule has 0 saturated carbocycles. The van der Waals surface area contributed by atoms with Crippen LogP contribution in [0.4, 0.5) is 10.5 Å². The quantitative estimate of drug-likeness (QED) is 0.625. The first kappa shape index (κ1) is 23.7. The second kappa shape index (κ2) is 9.47. The number of hydrogen-bond donors (Lipinski definition) is 3. The van der Waals surface area contributed by atoms with Crippen molar-refractivity contribution >= 4 is 23.7 Å². The van der Waals surface area contributed by atoms with Crippen molar-refractivity contribution in [3.63, 3.8) is 0 Å². The van der Waals surface area contributed by atoms with Crippen LogP contribution >= 0.6 is 0 Å². The molecule has 2 unspecified atom stereocenters. The van der Waals surface area contributed by atoms with Gasteiger partial charge in [0.1, 0.15) is 11.6 Å². The lowest BCUT2D eigenvalue weighted by Crippen LogP contribution is -2.54. The highest BCUT2D eigenvalue weighted by Crippen LogP contribution is 2.33. The second-order valence-electron chi connectivity index (χ2n) is 8.88. The Kier molecular flexibility index (Phi) is 7.47. The average Bonchev–Trinajstić information content (AvgIpc) is 3.04. The summed E-state index contributed by atoms with van der Waals surface area (Å²) in [4.78, 5) is 38.4. The SMILES string of the molecule is CC[C@H](C)[C@H](NC(=O)OC(C)(C)C)C(N)CC(=O)N1c2ccccc2CC1C(=O)O. The van der Waals surface area contributed by atoms with Gasteiger partial charge in [0.15, 0.2) is 0 Å². The van der Waals surface area contributed by atoms with Crippen LogP contribution in [0.25, 0.3) is 0 Å². The van der Waals surface area contributed by atoms with Gasteiger partial charge in [0.05, 0.1) is 6.04 Å². The zero-order chi connectivity index (χ0) is 22.6. The number of benzene rings is 1. The number of fused-ring (bicyclic) bond motifs is 1. The summed E-state index contributed by atoms with van der Waals surface area (Å²) in [6, 6.07) is 5.02. The number of anilines is 1. The smallest absolute Gasteiger partial charge is 0.407 e. The van der Waals surface area contributed by atoms with Gasteiger partial charge in [0.2, 0.25) is 5.91 Å². The van der Waals surface area contributed by atoms with Crippen LogP contribution in [-0.4, -0.2) is 46.8 Å². The number of carboxylic acid groups (broad SMARTS) is 1. The molecule has 0 spiro atoms. The molecule has 0 radical (unpaired) electrons. The van der Waals surface area contributed by atoms with Gasteiger partial charge in [-0.1, -0.05) is 38.5 Å². The molecule has 2 rings (SSSR count). The Hall–Kier alpha value is -2.61. The number of nitrogens with two attached hydrogens (primary N) is 1. The molecule has 30 heavy (non-hydrogen) atoms. The number of nitrogens with one attached hydrogen (secondary N) is 1. The van der Waals surface area contributed by atoms with Crippen LogP contribution in [-0.2, 0) is 20.7 Å². The predicted molar refractivity (Wildman–Crippen MR) is 114 cm³/mol. The summed E-state index contributed by atoms with van der Waals surface area (Å²) in [5.74, 6) is -1.43. The number of carboxylic acids is 1. The van der Waals surface area contributed by atoms with E-state index in [9.17, 15) is 19.5 Å². The number of carbonyl (C=O) groups is 3. The van der Waals surface area contributed by atoms with E-state index in [2.05, 4.69) is 5.32 Å². The van der Waals surface area contributed by atoms with Crippen LogP contribution in [0.1, 0.15) is 53.0 Å². The van der Waals surface area contributed by atoms with Crippen molar-refractivity contribution in [1.82, 2.24) is 5.32 Å². The van der Waals surface area contributed by atoms with Gasteiger partial charge in [-0.25, -0.2) is 9.59 Å². The highest BCUT2D eigenvalue weighted by molar-refractivity contribution is 6.02. The molecule has 0 bridgehead atoms. The van der Waals surface area contributed by atoms with Crippen LogP contribution in [0.2, 0.25) is 0 Å². The second-order valence-corrected chi connectivity index (χ2v) is 8.88. The Morgan fingerprint density at radius 1 is 1.30 bits per heavy atom. The largest absolute Gasteiger partial charge is 0.480 e. The number of ether oxygens (including phenoxy) is 1. The van der Waals surface area contributed by atoms with E-state index in [4.69, 9.17) is 10.5 Å². The molecule has 0 aromatic heterocycles. The van der Waals surface area contributed by atoms with E-state index >= 15 is 0 Å². The molecule has 4 N–H and O–H groups in total. The molecule has 1 aromatic carbocycles. The van der Waals surface area contributed by atoms with Gasteiger partial charge < -0.3 is 20.9 Å². The number of nitrogens with zero attached hydrogens (tertiary/aromatic N) is 1. The van der Waals surface area contributed by atoms with Crippen LogP contribution in [0.15, 0.2) is 24.3 Å². The van der Waals surface area contributed by atoms with Crippen molar-refractivity contribution in [2.45, 2.75) is 77.6 Å². The van der Waals surface area contributed by atoms with Gasteiger partial charge in [0, 0.05) is 24.6 Å². The fraction of sp³-hybridized carbons (Fsp3) is 0.591. The highest BCUT2D eigenvalue weighted by Gasteiger charge is 2.39. The predicted octanol–water partition coefficient (Wildman–Crippen LogP) is 2.69. The van der Waals surface area contributed by atoms with E-state index in [1.54, 1.807) is 32.9 Å².